The number of sulfonamides is 1. The fraction of sp³-hybridized carbons (Fsp3) is 0.0800. The second-order valence-electron chi connectivity index (χ2n) is 7.33. The molecule has 0 aromatic heterocycles. The Labute approximate surface area is 201 Å². The van der Waals surface area contributed by atoms with Gasteiger partial charge in [-0.05, 0) is 36.4 Å². The fourth-order valence-corrected chi connectivity index (χ4v) is 4.53. The first-order valence-electron chi connectivity index (χ1n) is 10.3. The van der Waals surface area contributed by atoms with Gasteiger partial charge in [-0.3, -0.25) is 9.52 Å². The molecule has 10 heteroatoms. The van der Waals surface area contributed by atoms with Crippen LogP contribution in [-0.4, -0.2) is 33.7 Å². The highest BCUT2D eigenvalue weighted by Gasteiger charge is 2.18. The molecule has 0 unspecified atom stereocenters. The van der Waals surface area contributed by atoms with Gasteiger partial charge in [-0.2, -0.15) is 0 Å². The number of aromatic hydroxyl groups is 1. The summed E-state index contributed by atoms with van der Waals surface area (Å²) in [4.78, 5) is 12.7. The van der Waals surface area contributed by atoms with E-state index in [-0.39, 0.29) is 27.6 Å². The molecule has 0 spiro atoms. The van der Waals surface area contributed by atoms with Gasteiger partial charge in [0.25, 0.3) is 15.9 Å². The third-order valence-electron chi connectivity index (χ3n) is 5.17. The lowest BCUT2D eigenvalue weighted by atomic mass is 10.1. The Kier molecular flexibility index (Phi) is 6.65. The highest BCUT2D eigenvalue weighted by Crippen LogP contribution is 2.40. The topological polar surface area (TPSA) is 127 Å². The molecule has 4 aromatic rings. The van der Waals surface area contributed by atoms with Crippen molar-refractivity contribution in [2.24, 2.45) is 10.2 Å². The average molecular weight is 492 g/mol. The predicted molar refractivity (Wildman–Crippen MR) is 131 cm³/mol. The summed E-state index contributed by atoms with van der Waals surface area (Å²) in [6, 6.07) is 20.4. The predicted octanol–water partition coefficient (Wildman–Crippen LogP) is 5.29. The van der Waals surface area contributed by atoms with E-state index in [0.717, 1.165) is 0 Å². The quantitative estimate of drug-likeness (QED) is 0.267. The van der Waals surface area contributed by atoms with Crippen molar-refractivity contribution in [2.75, 3.05) is 18.9 Å². The van der Waals surface area contributed by atoms with Crippen LogP contribution in [0.2, 0.25) is 0 Å². The number of phenols is 1. The van der Waals surface area contributed by atoms with Crippen LogP contribution in [0.4, 0.5) is 11.4 Å². The molecule has 4 rings (SSSR count). The summed E-state index contributed by atoms with van der Waals surface area (Å²) in [6.07, 6.45) is 0. The molecular weight excluding hydrogens is 470 g/mol. The Hall–Kier alpha value is -4.44. The van der Waals surface area contributed by atoms with Crippen LogP contribution in [0.15, 0.2) is 94.0 Å². The summed E-state index contributed by atoms with van der Waals surface area (Å²) in [7, 11) is -0.999. The first kappa shape index (κ1) is 23.7. The normalized spacial score (nSPS) is 11.5. The van der Waals surface area contributed by atoms with Crippen molar-refractivity contribution in [2.45, 2.75) is 4.90 Å². The van der Waals surface area contributed by atoms with Gasteiger partial charge in [0, 0.05) is 16.3 Å². The van der Waals surface area contributed by atoms with E-state index in [0.29, 0.717) is 22.3 Å². The van der Waals surface area contributed by atoms with Crippen LogP contribution >= 0.6 is 0 Å². The van der Waals surface area contributed by atoms with Crippen molar-refractivity contribution in [3.8, 4) is 17.2 Å². The van der Waals surface area contributed by atoms with Gasteiger partial charge >= 0.3 is 0 Å². The van der Waals surface area contributed by atoms with E-state index in [1.165, 1.54) is 44.6 Å². The number of methoxy groups -OCH3 is 2. The molecule has 0 radical (unpaired) electrons. The van der Waals surface area contributed by atoms with Gasteiger partial charge in [0.1, 0.15) is 5.69 Å². The molecule has 0 heterocycles. The number of amides is 1. The van der Waals surface area contributed by atoms with E-state index in [9.17, 15) is 18.3 Å². The van der Waals surface area contributed by atoms with Crippen LogP contribution in [0, 0.1) is 0 Å². The Bertz CT molecular complexity index is 1540. The standard InChI is InChI=1S/C25H21N3O6S/c1-33-22-13-12-16(14-23(22)34-2)25(30)27-26-21-15-20(18-10-6-7-11-19(18)24(21)29)28-35(31,32)17-8-4-3-5-9-17/h3-15,28-29H,1-2H3. The molecule has 0 saturated heterocycles. The number of nitrogens with zero attached hydrogens (tertiary/aromatic N) is 2. The summed E-state index contributed by atoms with van der Waals surface area (Å²) in [5.41, 5.74) is 0.287. The summed E-state index contributed by atoms with van der Waals surface area (Å²) in [5.74, 6) is -0.139. The van der Waals surface area contributed by atoms with Crippen LogP contribution in [0.5, 0.6) is 17.2 Å². The lowest BCUT2D eigenvalue weighted by Gasteiger charge is -2.13. The fourth-order valence-electron chi connectivity index (χ4n) is 3.44. The molecule has 0 bridgehead atoms. The van der Waals surface area contributed by atoms with E-state index >= 15 is 0 Å². The van der Waals surface area contributed by atoms with Crippen LogP contribution in [0.25, 0.3) is 10.8 Å². The number of hydrogen-bond donors (Lipinski definition) is 2. The Morgan fingerprint density at radius 1 is 0.857 bits per heavy atom. The van der Waals surface area contributed by atoms with Gasteiger partial charge in [-0.1, -0.05) is 42.5 Å². The number of nitrogens with one attached hydrogen (secondary N) is 1. The monoisotopic (exact) mass is 491 g/mol. The minimum atomic E-state index is -3.92. The molecule has 4 aromatic carbocycles. The summed E-state index contributed by atoms with van der Waals surface area (Å²) >= 11 is 0. The smallest absolute Gasteiger partial charge is 0.295 e. The number of carbonyl (C=O) groups is 1. The number of carbonyl (C=O) groups excluding carboxylic acids is 1. The number of azo groups is 1. The Balaban J connectivity index is 1.73. The van der Waals surface area contributed by atoms with E-state index < -0.39 is 15.9 Å². The molecule has 0 atom stereocenters. The highest BCUT2D eigenvalue weighted by molar-refractivity contribution is 7.92. The van der Waals surface area contributed by atoms with Crippen LogP contribution in [0.1, 0.15) is 10.4 Å². The van der Waals surface area contributed by atoms with E-state index in [2.05, 4.69) is 15.0 Å². The molecule has 0 aliphatic heterocycles. The number of anilines is 1. The third-order valence-corrected chi connectivity index (χ3v) is 6.55. The number of phenolic OH excluding ortho intramolecular Hbond substituents is 1. The molecule has 9 nitrogen and oxygen atoms in total. The molecule has 0 aliphatic carbocycles. The first-order chi connectivity index (χ1) is 16.8. The minimum Gasteiger partial charge on any atom is -0.505 e. The minimum absolute atomic E-state index is 0.0731. The molecule has 0 aliphatic rings. The SMILES string of the molecule is COc1ccc(C(=O)N=Nc2cc(NS(=O)(=O)c3ccccc3)c3ccccc3c2O)cc1OC. The van der Waals surface area contributed by atoms with E-state index in [1.54, 1.807) is 48.5 Å². The maximum atomic E-state index is 12.9. The lowest BCUT2D eigenvalue weighted by Crippen LogP contribution is -2.13. The molecule has 35 heavy (non-hydrogen) atoms. The molecule has 2 N–H and O–H groups in total. The third kappa shape index (κ3) is 4.92. The van der Waals surface area contributed by atoms with Crippen molar-refractivity contribution in [3.05, 3.63) is 84.4 Å². The number of benzene rings is 4. The Morgan fingerprint density at radius 3 is 2.20 bits per heavy atom. The van der Waals surface area contributed by atoms with Crippen LogP contribution < -0.4 is 14.2 Å². The van der Waals surface area contributed by atoms with Crippen molar-refractivity contribution < 1.29 is 27.8 Å². The number of fused-ring (bicyclic) bond motifs is 1. The zero-order valence-electron chi connectivity index (χ0n) is 18.8. The van der Waals surface area contributed by atoms with Crippen molar-refractivity contribution in [1.82, 2.24) is 0 Å². The largest absolute Gasteiger partial charge is 0.505 e. The number of ether oxygens (including phenoxy) is 2. The number of hydrogen-bond acceptors (Lipinski definition) is 7. The number of rotatable bonds is 7. The lowest BCUT2D eigenvalue weighted by molar-refractivity contribution is 0.0994. The maximum Gasteiger partial charge on any atom is 0.295 e. The second-order valence-corrected chi connectivity index (χ2v) is 9.01. The van der Waals surface area contributed by atoms with Gasteiger partial charge < -0.3 is 14.6 Å². The van der Waals surface area contributed by atoms with Crippen LogP contribution in [-0.2, 0) is 10.0 Å². The highest BCUT2D eigenvalue weighted by atomic mass is 32.2. The zero-order chi connectivity index (χ0) is 25.0. The van der Waals surface area contributed by atoms with E-state index in [1.807, 2.05) is 0 Å². The molecule has 178 valence electrons. The van der Waals surface area contributed by atoms with Gasteiger partial charge in [0.2, 0.25) is 0 Å². The van der Waals surface area contributed by atoms with Gasteiger partial charge in [-0.25, -0.2) is 8.42 Å². The van der Waals surface area contributed by atoms with Gasteiger partial charge in [0.05, 0.1) is 24.8 Å². The molecular formula is C25H21N3O6S. The van der Waals surface area contributed by atoms with Crippen molar-refractivity contribution in [1.29, 1.82) is 0 Å². The molecule has 1 amide bonds. The van der Waals surface area contributed by atoms with Crippen molar-refractivity contribution in [3.63, 3.8) is 0 Å². The summed E-state index contributed by atoms with van der Waals surface area (Å²) in [6.45, 7) is 0. The average Bonchev–Trinajstić information content (AvgIpc) is 2.89. The molecule has 0 saturated carbocycles. The summed E-state index contributed by atoms with van der Waals surface area (Å²) < 4.78 is 38.7. The van der Waals surface area contributed by atoms with Gasteiger partial charge in [0.15, 0.2) is 17.2 Å². The van der Waals surface area contributed by atoms with E-state index in [4.69, 9.17) is 9.47 Å². The van der Waals surface area contributed by atoms with Crippen molar-refractivity contribution >= 4 is 38.1 Å². The maximum absolute atomic E-state index is 12.9. The van der Waals surface area contributed by atoms with Crippen LogP contribution in [0.3, 0.4) is 0 Å². The first-order valence-corrected chi connectivity index (χ1v) is 11.8. The van der Waals surface area contributed by atoms with Gasteiger partial charge in [-0.15, -0.1) is 10.2 Å². The zero-order valence-corrected chi connectivity index (χ0v) is 19.6. The molecule has 0 fully saturated rings. The summed E-state index contributed by atoms with van der Waals surface area (Å²) in [5, 5.41) is 19.2. The second kappa shape index (κ2) is 9.82. The Morgan fingerprint density at radius 2 is 1.51 bits per heavy atom.